The van der Waals surface area contributed by atoms with Crippen LogP contribution in [-0.2, 0) is 0 Å². The van der Waals surface area contributed by atoms with Crippen LogP contribution in [0.3, 0.4) is 0 Å². The summed E-state index contributed by atoms with van der Waals surface area (Å²) >= 11 is 1.97. The average molecular weight is 276 g/mol. The molecule has 2 rings (SSSR count). The van der Waals surface area contributed by atoms with Crippen molar-refractivity contribution < 1.29 is 0 Å². The van der Waals surface area contributed by atoms with Crippen molar-refractivity contribution in [2.75, 3.05) is 7.05 Å². The quantitative estimate of drug-likeness (QED) is 0.732. The maximum atomic E-state index is 3.52. The number of thioether (sulfide) groups is 1. The number of fused-ring (bicyclic) bond motifs is 1. The standard InChI is InChI=1S/C16H24N2S/c1-4-8-14(17-3)15(5-2)19-16-11-12-9-6-7-10-13(12)18-16/h6-7,9-11,14-15,17-18H,4-5,8H2,1-3H3. The minimum atomic E-state index is 0.589. The van der Waals surface area contributed by atoms with Crippen LogP contribution in [0.1, 0.15) is 33.1 Å². The molecule has 0 spiro atoms. The molecule has 1 heterocycles. The fraction of sp³-hybridized carbons (Fsp3) is 0.500. The number of hydrogen-bond donors (Lipinski definition) is 2. The van der Waals surface area contributed by atoms with Crippen molar-refractivity contribution in [2.24, 2.45) is 0 Å². The predicted molar refractivity (Wildman–Crippen MR) is 86.0 cm³/mol. The van der Waals surface area contributed by atoms with Gasteiger partial charge in [-0.1, -0.05) is 38.5 Å². The van der Waals surface area contributed by atoms with Gasteiger partial charge in [0.05, 0.1) is 5.03 Å². The molecule has 0 fully saturated rings. The third-order valence-corrected chi connectivity index (χ3v) is 5.04. The average Bonchev–Trinajstić information content (AvgIpc) is 2.85. The summed E-state index contributed by atoms with van der Waals surface area (Å²) in [5, 5.41) is 6.68. The summed E-state index contributed by atoms with van der Waals surface area (Å²) in [7, 11) is 2.08. The molecule has 0 saturated carbocycles. The van der Waals surface area contributed by atoms with E-state index in [0.29, 0.717) is 11.3 Å². The van der Waals surface area contributed by atoms with Crippen molar-refractivity contribution in [1.82, 2.24) is 10.3 Å². The van der Waals surface area contributed by atoms with E-state index in [-0.39, 0.29) is 0 Å². The second-order valence-electron chi connectivity index (χ2n) is 4.97. The van der Waals surface area contributed by atoms with E-state index in [1.807, 2.05) is 11.8 Å². The van der Waals surface area contributed by atoms with Gasteiger partial charge in [0.15, 0.2) is 0 Å². The summed E-state index contributed by atoms with van der Waals surface area (Å²) in [6.45, 7) is 4.53. The van der Waals surface area contributed by atoms with Gasteiger partial charge < -0.3 is 10.3 Å². The zero-order chi connectivity index (χ0) is 13.7. The molecule has 0 aliphatic heterocycles. The Kier molecular flexibility index (Phi) is 5.34. The number of hydrogen-bond acceptors (Lipinski definition) is 2. The van der Waals surface area contributed by atoms with Crippen molar-refractivity contribution in [2.45, 2.75) is 49.4 Å². The molecule has 2 unspecified atom stereocenters. The number of nitrogens with one attached hydrogen (secondary N) is 2. The Morgan fingerprint density at radius 3 is 2.68 bits per heavy atom. The van der Waals surface area contributed by atoms with E-state index in [4.69, 9.17) is 0 Å². The number of aromatic amines is 1. The Hall–Kier alpha value is -0.930. The molecule has 2 nitrogen and oxygen atoms in total. The van der Waals surface area contributed by atoms with E-state index in [1.165, 1.54) is 35.2 Å². The van der Waals surface area contributed by atoms with E-state index in [0.717, 1.165) is 0 Å². The highest BCUT2D eigenvalue weighted by Gasteiger charge is 2.19. The van der Waals surface area contributed by atoms with Gasteiger partial charge in [-0.25, -0.2) is 0 Å². The van der Waals surface area contributed by atoms with Crippen LogP contribution in [0.2, 0.25) is 0 Å². The van der Waals surface area contributed by atoms with E-state index in [2.05, 4.69) is 61.5 Å². The molecule has 0 bridgehead atoms. The van der Waals surface area contributed by atoms with E-state index in [1.54, 1.807) is 0 Å². The number of H-pyrrole nitrogens is 1. The van der Waals surface area contributed by atoms with Gasteiger partial charge in [-0.05, 0) is 32.0 Å². The molecular formula is C16H24N2S. The molecule has 19 heavy (non-hydrogen) atoms. The molecule has 0 radical (unpaired) electrons. The Balaban J connectivity index is 2.12. The number of para-hydroxylation sites is 1. The van der Waals surface area contributed by atoms with Crippen LogP contribution in [0.15, 0.2) is 35.4 Å². The lowest BCUT2D eigenvalue weighted by Crippen LogP contribution is -2.35. The second kappa shape index (κ2) is 7.01. The molecule has 2 atom stereocenters. The zero-order valence-corrected chi connectivity index (χ0v) is 12.9. The molecule has 104 valence electrons. The van der Waals surface area contributed by atoms with Crippen molar-refractivity contribution >= 4 is 22.7 Å². The van der Waals surface area contributed by atoms with Crippen LogP contribution in [0.4, 0.5) is 0 Å². The van der Waals surface area contributed by atoms with Crippen LogP contribution in [0.25, 0.3) is 10.9 Å². The molecule has 0 aliphatic carbocycles. The molecule has 0 saturated heterocycles. The van der Waals surface area contributed by atoms with Gasteiger partial charge in [-0.3, -0.25) is 0 Å². The molecule has 2 N–H and O–H groups in total. The fourth-order valence-corrected chi connectivity index (χ4v) is 3.84. The first-order valence-electron chi connectivity index (χ1n) is 7.20. The van der Waals surface area contributed by atoms with Crippen molar-refractivity contribution in [1.29, 1.82) is 0 Å². The van der Waals surface area contributed by atoms with Crippen LogP contribution >= 0.6 is 11.8 Å². The summed E-state index contributed by atoms with van der Waals surface area (Å²) in [6, 6.07) is 11.3. The normalized spacial score (nSPS) is 14.7. The third kappa shape index (κ3) is 3.54. The Morgan fingerprint density at radius 2 is 2.05 bits per heavy atom. The van der Waals surface area contributed by atoms with Crippen LogP contribution < -0.4 is 5.32 Å². The Labute approximate surface area is 120 Å². The highest BCUT2D eigenvalue weighted by atomic mass is 32.2. The lowest BCUT2D eigenvalue weighted by molar-refractivity contribution is 0.490. The zero-order valence-electron chi connectivity index (χ0n) is 12.1. The maximum Gasteiger partial charge on any atom is 0.0735 e. The topological polar surface area (TPSA) is 27.8 Å². The Bertz CT molecular complexity index is 473. The van der Waals surface area contributed by atoms with Crippen LogP contribution in [-0.4, -0.2) is 23.3 Å². The van der Waals surface area contributed by atoms with Gasteiger partial charge in [-0.2, -0.15) is 0 Å². The summed E-state index contributed by atoms with van der Waals surface area (Å²) in [5.74, 6) is 0. The van der Waals surface area contributed by atoms with E-state index >= 15 is 0 Å². The van der Waals surface area contributed by atoms with E-state index in [9.17, 15) is 0 Å². The number of benzene rings is 1. The molecule has 1 aromatic heterocycles. The number of rotatable bonds is 7. The summed E-state index contributed by atoms with van der Waals surface area (Å²) in [6.07, 6.45) is 3.66. The predicted octanol–water partition coefficient (Wildman–Crippen LogP) is 4.43. The third-order valence-electron chi connectivity index (χ3n) is 3.61. The Morgan fingerprint density at radius 1 is 1.26 bits per heavy atom. The number of aromatic nitrogens is 1. The van der Waals surface area contributed by atoms with Gasteiger partial charge in [0, 0.05) is 22.2 Å². The first-order valence-corrected chi connectivity index (χ1v) is 8.08. The van der Waals surface area contributed by atoms with Crippen LogP contribution in [0.5, 0.6) is 0 Å². The minimum absolute atomic E-state index is 0.589. The highest BCUT2D eigenvalue weighted by molar-refractivity contribution is 7.99. The molecule has 0 amide bonds. The monoisotopic (exact) mass is 276 g/mol. The highest BCUT2D eigenvalue weighted by Crippen LogP contribution is 2.30. The lowest BCUT2D eigenvalue weighted by atomic mass is 10.1. The van der Waals surface area contributed by atoms with Crippen molar-refractivity contribution in [3.63, 3.8) is 0 Å². The largest absolute Gasteiger partial charge is 0.350 e. The van der Waals surface area contributed by atoms with Gasteiger partial charge in [0.25, 0.3) is 0 Å². The summed E-state index contributed by atoms with van der Waals surface area (Å²) in [5.41, 5.74) is 1.23. The van der Waals surface area contributed by atoms with E-state index < -0.39 is 0 Å². The molecule has 0 aliphatic rings. The second-order valence-corrected chi connectivity index (χ2v) is 6.25. The van der Waals surface area contributed by atoms with Gasteiger partial charge in [0.2, 0.25) is 0 Å². The molecule has 3 heteroatoms. The molecule has 2 aromatic rings. The summed E-state index contributed by atoms with van der Waals surface area (Å²) < 4.78 is 0. The summed E-state index contributed by atoms with van der Waals surface area (Å²) in [4.78, 5) is 3.52. The maximum absolute atomic E-state index is 3.52. The van der Waals surface area contributed by atoms with Gasteiger partial charge >= 0.3 is 0 Å². The van der Waals surface area contributed by atoms with Crippen molar-refractivity contribution in [3.05, 3.63) is 30.3 Å². The van der Waals surface area contributed by atoms with Gasteiger partial charge in [-0.15, -0.1) is 11.8 Å². The van der Waals surface area contributed by atoms with Gasteiger partial charge in [0.1, 0.15) is 0 Å². The molecular weight excluding hydrogens is 252 g/mol. The fourth-order valence-electron chi connectivity index (χ4n) is 2.55. The van der Waals surface area contributed by atoms with Crippen LogP contribution in [0, 0.1) is 0 Å². The first kappa shape index (κ1) is 14.5. The SMILES string of the molecule is CCCC(NC)C(CC)Sc1cc2ccccc2[nH]1. The smallest absolute Gasteiger partial charge is 0.0735 e. The lowest BCUT2D eigenvalue weighted by Gasteiger charge is -2.24. The first-order chi connectivity index (χ1) is 9.28. The minimum Gasteiger partial charge on any atom is -0.350 e. The van der Waals surface area contributed by atoms with Crippen molar-refractivity contribution in [3.8, 4) is 0 Å². The molecule has 1 aromatic carbocycles.